The third kappa shape index (κ3) is 3.45. The van der Waals surface area contributed by atoms with Gasteiger partial charge in [-0.25, -0.2) is 0 Å². The number of hydrogen-bond acceptors (Lipinski definition) is 3. The average Bonchev–Trinajstić information content (AvgIpc) is 1.98. The van der Waals surface area contributed by atoms with Crippen LogP contribution in [0, 0.1) is 5.92 Å². The molecule has 0 bridgehead atoms. The molecule has 1 atom stereocenters. The molecule has 0 radical (unpaired) electrons. The highest BCUT2D eigenvalue weighted by molar-refractivity contribution is 5.71. The van der Waals surface area contributed by atoms with Crippen LogP contribution in [0.25, 0.3) is 0 Å². The second kappa shape index (κ2) is 5.23. The van der Waals surface area contributed by atoms with Crippen molar-refractivity contribution in [2.75, 3.05) is 13.7 Å². The topological polar surface area (TPSA) is 46.5 Å². The first-order chi connectivity index (χ1) is 4.72. The van der Waals surface area contributed by atoms with Gasteiger partial charge in [-0.2, -0.15) is 0 Å². The molecule has 0 aromatic carbocycles. The number of esters is 1. The van der Waals surface area contributed by atoms with E-state index >= 15 is 0 Å². The molecule has 1 unspecified atom stereocenters. The van der Waals surface area contributed by atoms with Crippen molar-refractivity contribution >= 4 is 5.97 Å². The molecule has 0 amide bonds. The molecule has 0 saturated carbocycles. The number of methoxy groups -OCH3 is 1. The number of rotatable bonds is 4. The van der Waals surface area contributed by atoms with E-state index in [1.165, 1.54) is 7.11 Å². The summed E-state index contributed by atoms with van der Waals surface area (Å²) in [7, 11) is 1.37. The van der Waals surface area contributed by atoms with E-state index in [2.05, 4.69) is 4.74 Å². The van der Waals surface area contributed by atoms with E-state index in [-0.39, 0.29) is 18.5 Å². The normalized spacial score (nSPS) is 12.7. The van der Waals surface area contributed by atoms with Crippen LogP contribution in [0.4, 0.5) is 0 Å². The van der Waals surface area contributed by atoms with Gasteiger partial charge in [0, 0.05) is 6.61 Å². The minimum atomic E-state index is -0.201. The number of aliphatic hydroxyl groups excluding tert-OH is 1. The van der Waals surface area contributed by atoms with Crippen LogP contribution in [-0.2, 0) is 9.53 Å². The average molecular weight is 146 g/mol. The molecular formula is C7H14O3. The maximum Gasteiger partial charge on any atom is 0.308 e. The molecule has 0 aromatic heterocycles. The SMILES string of the molecule is COC(=O)C(C)CCCO. The molecule has 60 valence electrons. The highest BCUT2D eigenvalue weighted by Gasteiger charge is 2.11. The fraction of sp³-hybridized carbons (Fsp3) is 0.857. The van der Waals surface area contributed by atoms with Gasteiger partial charge in [-0.15, -0.1) is 0 Å². The number of ether oxygens (including phenoxy) is 1. The lowest BCUT2D eigenvalue weighted by atomic mass is 10.1. The number of carbonyl (C=O) groups excluding carboxylic acids is 1. The maximum absolute atomic E-state index is 10.7. The zero-order valence-electron chi connectivity index (χ0n) is 6.46. The molecule has 0 aliphatic rings. The van der Waals surface area contributed by atoms with Gasteiger partial charge in [-0.1, -0.05) is 6.92 Å². The smallest absolute Gasteiger partial charge is 0.308 e. The molecule has 3 heteroatoms. The zero-order valence-corrected chi connectivity index (χ0v) is 6.46. The molecule has 0 aliphatic carbocycles. The fourth-order valence-electron chi connectivity index (χ4n) is 0.717. The van der Waals surface area contributed by atoms with Crippen LogP contribution in [0.5, 0.6) is 0 Å². The quantitative estimate of drug-likeness (QED) is 0.590. The first kappa shape index (κ1) is 9.43. The molecule has 3 nitrogen and oxygen atoms in total. The Morgan fingerprint density at radius 1 is 1.70 bits per heavy atom. The molecule has 0 fully saturated rings. The molecule has 0 aromatic rings. The predicted molar refractivity (Wildman–Crippen MR) is 37.5 cm³/mol. The molecule has 0 spiro atoms. The van der Waals surface area contributed by atoms with Crippen molar-refractivity contribution in [1.29, 1.82) is 0 Å². The summed E-state index contributed by atoms with van der Waals surface area (Å²) in [5.41, 5.74) is 0. The summed E-state index contributed by atoms with van der Waals surface area (Å²) in [6.45, 7) is 1.93. The minimum Gasteiger partial charge on any atom is -0.469 e. The molecule has 0 rings (SSSR count). The van der Waals surface area contributed by atoms with Crippen molar-refractivity contribution < 1.29 is 14.6 Å². The first-order valence-electron chi connectivity index (χ1n) is 3.41. The van der Waals surface area contributed by atoms with Crippen LogP contribution in [-0.4, -0.2) is 24.8 Å². The van der Waals surface area contributed by atoms with Crippen LogP contribution in [0.3, 0.4) is 0 Å². The van der Waals surface area contributed by atoms with Gasteiger partial charge < -0.3 is 9.84 Å². The fourth-order valence-corrected chi connectivity index (χ4v) is 0.717. The summed E-state index contributed by atoms with van der Waals surface area (Å²) < 4.78 is 4.49. The summed E-state index contributed by atoms with van der Waals surface area (Å²) in [5.74, 6) is -0.286. The Labute approximate surface area is 61.0 Å². The van der Waals surface area contributed by atoms with Crippen molar-refractivity contribution in [3.8, 4) is 0 Å². The van der Waals surface area contributed by atoms with E-state index in [9.17, 15) is 4.79 Å². The number of hydrogen-bond donors (Lipinski definition) is 1. The van der Waals surface area contributed by atoms with Gasteiger partial charge in [0.15, 0.2) is 0 Å². The Morgan fingerprint density at radius 3 is 2.70 bits per heavy atom. The molecule has 10 heavy (non-hydrogen) atoms. The minimum absolute atomic E-state index is 0.0860. The van der Waals surface area contributed by atoms with Gasteiger partial charge in [0.1, 0.15) is 0 Å². The van der Waals surface area contributed by atoms with Crippen LogP contribution >= 0.6 is 0 Å². The van der Waals surface area contributed by atoms with Gasteiger partial charge in [-0.05, 0) is 12.8 Å². The van der Waals surface area contributed by atoms with E-state index < -0.39 is 0 Å². The van der Waals surface area contributed by atoms with E-state index in [0.717, 1.165) is 0 Å². The van der Waals surface area contributed by atoms with Crippen LogP contribution in [0.15, 0.2) is 0 Å². The van der Waals surface area contributed by atoms with Crippen LogP contribution < -0.4 is 0 Å². The first-order valence-corrected chi connectivity index (χ1v) is 3.41. The summed E-state index contributed by atoms with van der Waals surface area (Å²) in [4.78, 5) is 10.7. The summed E-state index contributed by atoms with van der Waals surface area (Å²) in [5, 5.41) is 8.42. The highest BCUT2D eigenvalue weighted by Crippen LogP contribution is 2.05. The Morgan fingerprint density at radius 2 is 2.30 bits per heavy atom. The molecule has 0 aliphatic heterocycles. The van der Waals surface area contributed by atoms with E-state index in [0.29, 0.717) is 12.8 Å². The monoisotopic (exact) mass is 146 g/mol. The predicted octanol–water partition coefficient (Wildman–Crippen LogP) is 0.568. The Bertz CT molecular complexity index is 101. The number of aliphatic hydroxyl groups is 1. The number of carbonyl (C=O) groups is 1. The van der Waals surface area contributed by atoms with Crippen molar-refractivity contribution in [1.82, 2.24) is 0 Å². The third-order valence-corrected chi connectivity index (χ3v) is 1.40. The zero-order chi connectivity index (χ0) is 7.98. The van der Waals surface area contributed by atoms with E-state index in [4.69, 9.17) is 5.11 Å². The summed E-state index contributed by atoms with van der Waals surface area (Å²) in [6.07, 6.45) is 1.36. The van der Waals surface area contributed by atoms with Crippen molar-refractivity contribution in [3.63, 3.8) is 0 Å². The Kier molecular flexibility index (Phi) is 4.94. The summed E-state index contributed by atoms with van der Waals surface area (Å²) in [6, 6.07) is 0. The Balaban J connectivity index is 3.41. The standard InChI is InChI=1S/C7H14O3/c1-6(4-3-5-8)7(9)10-2/h6,8H,3-5H2,1-2H3. The molecular weight excluding hydrogens is 132 g/mol. The molecule has 0 heterocycles. The highest BCUT2D eigenvalue weighted by atomic mass is 16.5. The maximum atomic E-state index is 10.7. The van der Waals surface area contributed by atoms with Crippen molar-refractivity contribution in [2.45, 2.75) is 19.8 Å². The lowest BCUT2D eigenvalue weighted by Gasteiger charge is -2.06. The van der Waals surface area contributed by atoms with E-state index in [1.807, 2.05) is 0 Å². The Hall–Kier alpha value is -0.570. The van der Waals surface area contributed by atoms with Gasteiger partial charge in [0.25, 0.3) is 0 Å². The van der Waals surface area contributed by atoms with Gasteiger partial charge in [-0.3, -0.25) is 4.79 Å². The van der Waals surface area contributed by atoms with Crippen LogP contribution in [0.1, 0.15) is 19.8 Å². The van der Waals surface area contributed by atoms with Crippen molar-refractivity contribution in [2.24, 2.45) is 5.92 Å². The summed E-state index contributed by atoms with van der Waals surface area (Å²) >= 11 is 0. The second-order valence-electron chi connectivity index (χ2n) is 2.29. The largest absolute Gasteiger partial charge is 0.469 e. The lowest BCUT2D eigenvalue weighted by molar-refractivity contribution is -0.145. The molecule has 0 saturated heterocycles. The van der Waals surface area contributed by atoms with Gasteiger partial charge >= 0.3 is 5.97 Å². The van der Waals surface area contributed by atoms with E-state index in [1.54, 1.807) is 6.92 Å². The molecule has 1 N–H and O–H groups in total. The van der Waals surface area contributed by atoms with Crippen LogP contribution in [0.2, 0.25) is 0 Å². The van der Waals surface area contributed by atoms with Gasteiger partial charge in [0.05, 0.1) is 13.0 Å². The van der Waals surface area contributed by atoms with Crippen molar-refractivity contribution in [3.05, 3.63) is 0 Å². The second-order valence-corrected chi connectivity index (χ2v) is 2.29. The van der Waals surface area contributed by atoms with Gasteiger partial charge in [0.2, 0.25) is 0 Å². The lowest BCUT2D eigenvalue weighted by Crippen LogP contribution is -2.12. The third-order valence-electron chi connectivity index (χ3n) is 1.40.